The molecule has 4 heteroatoms. The summed E-state index contributed by atoms with van der Waals surface area (Å²) in [7, 11) is 0. The van der Waals surface area contributed by atoms with Crippen molar-refractivity contribution in [2.24, 2.45) is 0 Å². The number of benzene rings is 1. The molecule has 16 heavy (non-hydrogen) atoms. The third kappa shape index (κ3) is 1.47. The third-order valence-electron chi connectivity index (χ3n) is 2.95. The van der Waals surface area contributed by atoms with Crippen molar-refractivity contribution >= 4 is 0 Å². The minimum Gasteiger partial charge on any atom is -0.507 e. The monoisotopic (exact) mass is 215 g/mol. The standard InChI is InChI=1S/C12H13N3O/c16-12-4-2-1-3-11(12)9-5-14-15(8-9)10-6-13-7-10/h1-5,8,10,13,16H,6-7H2. The van der Waals surface area contributed by atoms with Crippen LogP contribution < -0.4 is 5.32 Å². The first-order chi connectivity index (χ1) is 7.84. The largest absolute Gasteiger partial charge is 0.507 e. The van der Waals surface area contributed by atoms with Crippen molar-refractivity contribution in [2.45, 2.75) is 6.04 Å². The van der Waals surface area contributed by atoms with Crippen molar-refractivity contribution in [2.75, 3.05) is 13.1 Å². The highest BCUT2D eigenvalue weighted by molar-refractivity contribution is 5.68. The van der Waals surface area contributed by atoms with E-state index >= 15 is 0 Å². The van der Waals surface area contributed by atoms with E-state index in [1.807, 2.05) is 29.1 Å². The van der Waals surface area contributed by atoms with Crippen LogP contribution in [0.2, 0.25) is 0 Å². The maximum absolute atomic E-state index is 9.73. The molecule has 0 amide bonds. The van der Waals surface area contributed by atoms with E-state index in [4.69, 9.17) is 0 Å². The molecule has 82 valence electrons. The SMILES string of the molecule is Oc1ccccc1-c1cnn(C2CNC2)c1. The molecule has 1 aliphatic rings. The van der Waals surface area contributed by atoms with Crippen LogP contribution in [0.25, 0.3) is 11.1 Å². The van der Waals surface area contributed by atoms with Crippen LogP contribution in [0.15, 0.2) is 36.7 Å². The summed E-state index contributed by atoms with van der Waals surface area (Å²) in [4.78, 5) is 0. The van der Waals surface area contributed by atoms with Gasteiger partial charge in [0, 0.05) is 30.4 Å². The number of nitrogens with zero attached hydrogens (tertiary/aromatic N) is 2. The van der Waals surface area contributed by atoms with Crippen LogP contribution in [0.4, 0.5) is 0 Å². The van der Waals surface area contributed by atoms with E-state index in [0.29, 0.717) is 11.8 Å². The van der Waals surface area contributed by atoms with Gasteiger partial charge in [0.05, 0.1) is 12.2 Å². The number of para-hydroxylation sites is 1. The number of rotatable bonds is 2. The van der Waals surface area contributed by atoms with Crippen LogP contribution in [0.5, 0.6) is 5.75 Å². The predicted molar refractivity (Wildman–Crippen MR) is 61.2 cm³/mol. The number of nitrogens with one attached hydrogen (secondary N) is 1. The van der Waals surface area contributed by atoms with E-state index in [1.54, 1.807) is 12.3 Å². The molecular weight excluding hydrogens is 202 g/mol. The quantitative estimate of drug-likeness (QED) is 0.796. The number of hydrogen-bond acceptors (Lipinski definition) is 3. The third-order valence-corrected chi connectivity index (χ3v) is 2.95. The number of phenolic OH excluding ortho intramolecular Hbond substituents is 1. The Morgan fingerprint density at radius 3 is 2.81 bits per heavy atom. The maximum Gasteiger partial charge on any atom is 0.123 e. The van der Waals surface area contributed by atoms with E-state index < -0.39 is 0 Å². The van der Waals surface area contributed by atoms with E-state index in [0.717, 1.165) is 24.2 Å². The summed E-state index contributed by atoms with van der Waals surface area (Å²) in [6.07, 6.45) is 3.79. The molecule has 3 rings (SSSR count). The summed E-state index contributed by atoms with van der Waals surface area (Å²) >= 11 is 0. The van der Waals surface area contributed by atoms with Crippen molar-refractivity contribution < 1.29 is 5.11 Å². The molecule has 2 aromatic rings. The molecule has 1 aromatic carbocycles. The van der Waals surface area contributed by atoms with Crippen molar-refractivity contribution in [3.63, 3.8) is 0 Å². The fourth-order valence-corrected chi connectivity index (χ4v) is 1.86. The maximum atomic E-state index is 9.73. The summed E-state index contributed by atoms with van der Waals surface area (Å²) in [5.41, 5.74) is 1.80. The lowest BCUT2D eigenvalue weighted by atomic mass is 10.1. The molecular formula is C12H13N3O. The molecule has 4 nitrogen and oxygen atoms in total. The fourth-order valence-electron chi connectivity index (χ4n) is 1.86. The molecule has 1 fully saturated rings. The molecule has 1 aliphatic heterocycles. The van der Waals surface area contributed by atoms with E-state index in [9.17, 15) is 5.11 Å². The van der Waals surface area contributed by atoms with Gasteiger partial charge in [0.15, 0.2) is 0 Å². The molecule has 2 N–H and O–H groups in total. The molecule has 1 saturated heterocycles. The molecule has 0 aliphatic carbocycles. The van der Waals surface area contributed by atoms with Gasteiger partial charge < -0.3 is 10.4 Å². The van der Waals surface area contributed by atoms with Gasteiger partial charge >= 0.3 is 0 Å². The van der Waals surface area contributed by atoms with Gasteiger partial charge in [-0.25, -0.2) is 0 Å². The minimum atomic E-state index is 0.300. The lowest BCUT2D eigenvalue weighted by Crippen LogP contribution is -2.43. The van der Waals surface area contributed by atoms with Crippen LogP contribution in [0.1, 0.15) is 6.04 Å². The van der Waals surface area contributed by atoms with Crippen LogP contribution in [-0.4, -0.2) is 28.0 Å². The normalized spacial score (nSPS) is 16.0. The van der Waals surface area contributed by atoms with Gasteiger partial charge in [-0.3, -0.25) is 4.68 Å². The Labute approximate surface area is 93.5 Å². The molecule has 0 atom stereocenters. The molecule has 0 unspecified atom stereocenters. The highest BCUT2D eigenvalue weighted by atomic mass is 16.3. The highest BCUT2D eigenvalue weighted by Crippen LogP contribution is 2.28. The van der Waals surface area contributed by atoms with Crippen LogP contribution in [-0.2, 0) is 0 Å². The second-order valence-electron chi connectivity index (χ2n) is 4.04. The molecule has 2 heterocycles. The number of aromatic hydroxyl groups is 1. The summed E-state index contributed by atoms with van der Waals surface area (Å²) in [6.45, 7) is 1.95. The van der Waals surface area contributed by atoms with Gasteiger partial charge in [-0.05, 0) is 6.07 Å². The first-order valence-electron chi connectivity index (χ1n) is 5.38. The Hall–Kier alpha value is -1.81. The summed E-state index contributed by atoms with van der Waals surface area (Å²) in [6, 6.07) is 7.78. The smallest absolute Gasteiger partial charge is 0.123 e. The van der Waals surface area contributed by atoms with Gasteiger partial charge in [-0.15, -0.1) is 0 Å². The average molecular weight is 215 g/mol. The first kappa shape index (κ1) is 9.42. The summed E-state index contributed by atoms with van der Waals surface area (Å²) < 4.78 is 1.96. The van der Waals surface area contributed by atoms with Gasteiger partial charge in [-0.1, -0.05) is 18.2 Å². The molecule has 0 bridgehead atoms. The van der Waals surface area contributed by atoms with E-state index in [1.165, 1.54) is 0 Å². The minimum absolute atomic E-state index is 0.300. The Balaban J connectivity index is 1.95. The Morgan fingerprint density at radius 2 is 2.12 bits per heavy atom. The van der Waals surface area contributed by atoms with Gasteiger partial charge in [-0.2, -0.15) is 5.10 Å². The topological polar surface area (TPSA) is 50.1 Å². The Bertz CT molecular complexity index is 502. The van der Waals surface area contributed by atoms with Gasteiger partial charge in [0.2, 0.25) is 0 Å². The Morgan fingerprint density at radius 1 is 1.31 bits per heavy atom. The molecule has 1 aromatic heterocycles. The zero-order chi connectivity index (χ0) is 11.0. The zero-order valence-corrected chi connectivity index (χ0v) is 8.80. The fraction of sp³-hybridized carbons (Fsp3) is 0.250. The lowest BCUT2D eigenvalue weighted by Gasteiger charge is -2.27. The van der Waals surface area contributed by atoms with Crippen molar-refractivity contribution in [1.82, 2.24) is 15.1 Å². The van der Waals surface area contributed by atoms with Crippen LogP contribution >= 0.6 is 0 Å². The lowest BCUT2D eigenvalue weighted by molar-refractivity contribution is 0.318. The summed E-state index contributed by atoms with van der Waals surface area (Å²) in [5.74, 6) is 0.300. The van der Waals surface area contributed by atoms with Gasteiger partial charge in [0.1, 0.15) is 5.75 Å². The highest BCUT2D eigenvalue weighted by Gasteiger charge is 2.19. The molecule has 0 saturated carbocycles. The second kappa shape index (κ2) is 3.64. The Kier molecular flexibility index (Phi) is 2.15. The number of aromatic nitrogens is 2. The van der Waals surface area contributed by atoms with Crippen LogP contribution in [0.3, 0.4) is 0 Å². The number of hydrogen-bond donors (Lipinski definition) is 2. The second-order valence-corrected chi connectivity index (χ2v) is 4.04. The number of phenols is 1. The predicted octanol–water partition coefficient (Wildman–Crippen LogP) is 1.40. The first-order valence-corrected chi connectivity index (χ1v) is 5.38. The van der Waals surface area contributed by atoms with E-state index in [2.05, 4.69) is 10.4 Å². The van der Waals surface area contributed by atoms with Crippen molar-refractivity contribution in [3.05, 3.63) is 36.7 Å². The van der Waals surface area contributed by atoms with Gasteiger partial charge in [0.25, 0.3) is 0 Å². The van der Waals surface area contributed by atoms with Crippen LogP contribution in [0, 0.1) is 0 Å². The molecule has 0 radical (unpaired) electrons. The average Bonchev–Trinajstić information content (AvgIpc) is 2.65. The molecule has 0 spiro atoms. The zero-order valence-electron chi connectivity index (χ0n) is 8.80. The summed E-state index contributed by atoms with van der Waals surface area (Å²) in [5, 5.41) is 17.3. The van der Waals surface area contributed by atoms with Crippen molar-refractivity contribution in [1.29, 1.82) is 0 Å². The van der Waals surface area contributed by atoms with E-state index in [-0.39, 0.29) is 0 Å². The van der Waals surface area contributed by atoms with Crippen molar-refractivity contribution in [3.8, 4) is 16.9 Å².